The first-order valence-corrected chi connectivity index (χ1v) is 6.57. The zero-order chi connectivity index (χ0) is 11.3. The summed E-state index contributed by atoms with van der Waals surface area (Å²) in [5.41, 5.74) is 2.55. The average Bonchev–Trinajstić information content (AvgIpc) is 2.26. The predicted molar refractivity (Wildman–Crippen MR) is 65.2 cm³/mol. The van der Waals surface area contributed by atoms with Gasteiger partial charge in [-0.05, 0) is 12.5 Å². The van der Waals surface area contributed by atoms with Crippen molar-refractivity contribution >= 4 is 9.28 Å². The zero-order valence-electron chi connectivity index (χ0n) is 9.57. The van der Waals surface area contributed by atoms with Crippen molar-refractivity contribution in [3.05, 3.63) is 48.0 Å². The van der Waals surface area contributed by atoms with E-state index in [4.69, 9.17) is 8.85 Å². The maximum atomic E-state index is 5.43. The third-order valence-electron chi connectivity index (χ3n) is 2.43. The largest absolute Gasteiger partial charge is 0.399 e. The van der Waals surface area contributed by atoms with Crippen LogP contribution in [0.1, 0.15) is 18.0 Å². The smallest absolute Gasteiger partial charge is 0.332 e. The molecule has 0 aliphatic carbocycles. The summed E-state index contributed by atoms with van der Waals surface area (Å²) < 4.78 is 10.9. The molecule has 82 valence electrons. The van der Waals surface area contributed by atoms with Gasteiger partial charge in [-0.3, -0.25) is 0 Å². The lowest BCUT2D eigenvalue weighted by Gasteiger charge is -2.23. The Labute approximate surface area is 93.4 Å². The topological polar surface area (TPSA) is 18.5 Å². The molecule has 0 saturated carbocycles. The van der Waals surface area contributed by atoms with Gasteiger partial charge in [0.2, 0.25) is 0 Å². The molecule has 1 unspecified atom stereocenters. The molecule has 15 heavy (non-hydrogen) atoms. The molecule has 0 N–H and O–H groups in total. The molecular weight excluding hydrogens is 204 g/mol. The Kier molecular flexibility index (Phi) is 4.75. The third-order valence-corrected chi connectivity index (χ3v) is 4.85. The van der Waals surface area contributed by atoms with Gasteiger partial charge in [0.25, 0.3) is 0 Å². The van der Waals surface area contributed by atoms with Crippen LogP contribution in [0.25, 0.3) is 0 Å². The van der Waals surface area contributed by atoms with Crippen LogP contribution in [-0.4, -0.2) is 23.5 Å². The van der Waals surface area contributed by atoms with Crippen LogP contribution < -0.4 is 0 Å². The van der Waals surface area contributed by atoms with Gasteiger partial charge < -0.3 is 8.85 Å². The molecular formula is C12H18O2Si. The lowest BCUT2D eigenvalue weighted by Crippen LogP contribution is -2.29. The highest BCUT2D eigenvalue weighted by Crippen LogP contribution is 2.26. The van der Waals surface area contributed by atoms with Crippen LogP contribution in [0, 0.1) is 0 Å². The van der Waals surface area contributed by atoms with Crippen LogP contribution in [-0.2, 0) is 8.85 Å². The molecule has 1 rings (SSSR count). The summed E-state index contributed by atoms with van der Waals surface area (Å²) in [5, 5.41) is 0. The van der Waals surface area contributed by atoms with E-state index in [-0.39, 0.29) is 5.54 Å². The Morgan fingerprint density at radius 2 is 1.73 bits per heavy atom. The fourth-order valence-electron chi connectivity index (χ4n) is 1.70. The highest BCUT2D eigenvalue weighted by atomic mass is 28.3. The first kappa shape index (κ1) is 12.2. The van der Waals surface area contributed by atoms with E-state index < -0.39 is 9.28 Å². The lowest BCUT2D eigenvalue weighted by molar-refractivity contribution is 0.271. The molecule has 0 spiro atoms. The minimum absolute atomic E-state index is 0.223. The van der Waals surface area contributed by atoms with Gasteiger partial charge in [-0.15, -0.1) is 0 Å². The normalized spacial score (nSPS) is 12.8. The molecule has 0 bridgehead atoms. The summed E-state index contributed by atoms with van der Waals surface area (Å²) in [5.74, 6) is 0. The highest BCUT2D eigenvalue weighted by molar-refractivity contribution is 6.47. The third kappa shape index (κ3) is 3.02. The molecule has 1 atom stereocenters. The van der Waals surface area contributed by atoms with Crippen molar-refractivity contribution in [2.75, 3.05) is 14.2 Å². The zero-order valence-corrected chi connectivity index (χ0v) is 10.7. The molecule has 2 nitrogen and oxygen atoms in total. The minimum atomic E-state index is -1.69. The second-order valence-corrected chi connectivity index (χ2v) is 5.92. The second-order valence-electron chi connectivity index (χ2n) is 3.57. The molecule has 0 fully saturated rings. The number of allylic oxidation sites excluding steroid dienone is 1. The van der Waals surface area contributed by atoms with Crippen molar-refractivity contribution in [1.29, 1.82) is 0 Å². The average molecular weight is 222 g/mol. The Hall–Kier alpha value is -0.903. The Balaban J connectivity index is 2.97. The van der Waals surface area contributed by atoms with Crippen LogP contribution in [0.15, 0.2) is 42.5 Å². The molecule has 3 heteroatoms. The highest BCUT2D eigenvalue weighted by Gasteiger charge is 2.26. The van der Waals surface area contributed by atoms with Gasteiger partial charge in [0.1, 0.15) is 0 Å². The quantitative estimate of drug-likeness (QED) is 0.562. The molecule has 0 radical (unpaired) electrons. The monoisotopic (exact) mass is 222 g/mol. The maximum Gasteiger partial charge on any atom is 0.332 e. The van der Waals surface area contributed by atoms with Crippen molar-refractivity contribution in [3.8, 4) is 0 Å². The van der Waals surface area contributed by atoms with E-state index in [9.17, 15) is 0 Å². The fourth-order valence-corrected chi connectivity index (χ4v) is 3.44. The molecule has 0 aliphatic rings. The first-order valence-electron chi connectivity index (χ1n) is 4.96. The van der Waals surface area contributed by atoms with Gasteiger partial charge in [-0.1, -0.05) is 42.5 Å². The van der Waals surface area contributed by atoms with Gasteiger partial charge in [0.05, 0.1) is 0 Å². The van der Waals surface area contributed by atoms with Gasteiger partial charge in [0, 0.05) is 19.8 Å². The van der Waals surface area contributed by atoms with Gasteiger partial charge >= 0.3 is 9.28 Å². The summed E-state index contributed by atoms with van der Waals surface area (Å²) in [6, 6.07) is 10.3. The lowest BCUT2D eigenvalue weighted by atomic mass is 10.1. The van der Waals surface area contributed by atoms with Crippen LogP contribution in [0.5, 0.6) is 0 Å². The molecule has 0 aliphatic heterocycles. The van der Waals surface area contributed by atoms with E-state index in [2.05, 4.69) is 18.7 Å². The van der Waals surface area contributed by atoms with Crippen molar-refractivity contribution < 1.29 is 8.85 Å². The summed E-state index contributed by atoms with van der Waals surface area (Å²) in [6.45, 7) is 6.05. The number of benzene rings is 1. The van der Waals surface area contributed by atoms with Crippen molar-refractivity contribution in [1.82, 2.24) is 0 Å². The van der Waals surface area contributed by atoms with Gasteiger partial charge in [-0.2, -0.15) is 0 Å². The Morgan fingerprint density at radius 1 is 1.20 bits per heavy atom. The van der Waals surface area contributed by atoms with Crippen molar-refractivity contribution in [2.45, 2.75) is 12.5 Å². The van der Waals surface area contributed by atoms with E-state index in [0.29, 0.717) is 0 Å². The maximum absolute atomic E-state index is 5.43. The summed E-state index contributed by atoms with van der Waals surface area (Å²) in [4.78, 5) is 0. The van der Waals surface area contributed by atoms with Crippen molar-refractivity contribution in [2.24, 2.45) is 0 Å². The van der Waals surface area contributed by atoms with E-state index in [0.717, 1.165) is 5.57 Å². The van der Waals surface area contributed by atoms with E-state index in [1.165, 1.54) is 5.56 Å². The minimum Gasteiger partial charge on any atom is -0.399 e. The fraction of sp³-hybridized carbons (Fsp3) is 0.333. The molecule has 1 aromatic rings. The summed E-state index contributed by atoms with van der Waals surface area (Å²) in [7, 11) is 1.72. The first-order chi connectivity index (χ1) is 7.20. The molecule has 0 aromatic heterocycles. The Bertz CT molecular complexity index is 307. The molecule has 1 aromatic carbocycles. The van der Waals surface area contributed by atoms with E-state index >= 15 is 0 Å². The second kappa shape index (κ2) is 5.85. The van der Waals surface area contributed by atoms with E-state index in [1.54, 1.807) is 14.2 Å². The Morgan fingerprint density at radius 3 is 2.13 bits per heavy atom. The van der Waals surface area contributed by atoms with E-state index in [1.807, 2.05) is 25.1 Å². The number of rotatable bonds is 5. The van der Waals surface area contributed by atoms with Crippen LogP contribution in [0.3, 0.4) is 0 Å². The SMILES string of the molecule is C=C(C)C(c1ccccc1)[SiH](OC)OC. The van der Waals surface area contributed by atoms with Crippen LogP contribution >= 0.6 is 0 Å². The summed E-state index contributed by atoms with van der Waals surface area (Å²) >= 11 is 0. The number of hydrogen-bond acceptors (Lipinski definition) is 2. The van der Waals surface area contributed by atoms with Gasteiger partial charge in [-0.25, -0.2) is 0 Å². The molecule has 0 heterocycles. The van der Waals surface area contributed by atoms with Crippen LogP contribution in [0.4, 0.5) is 0 Å². The number of hydrogen-bond donors (Lipinski definition) is 0. The molecule has 0 saturated heterocycles. The van der Waals surface area contributed by atoms with Crippen LogP contribution in [0.2, 0.25) is 0 Å². The van der Waals surface area contributed by atoms with Crippen molar-refractivity contribution in [3.63, 3.8) is 0 Å². The standard InChI is InChI=1S/C12H18O2Si/c1-10(2)12(15(13-3)14-4)11-8-6-5-7-9-11/h5-9,12,15H,1H2,2-4H3. The summed E-state index contributed by atoms with van der Waals surface area (Å²) in [6.07, 6.45) is 0. The predicted octanol–water partition coefficient (Wildman–Crippen LogP) is 2.40. The molecule has 0 amide bonds. The van der Waals surface area contributed by atoms with Gasteiger partial charge in [0.15, 0.2) is 0 Å².